The lowest BCUT2D eigenvalue weighted by Gasteiger charge is -2.22. The fraction of sp³-hybridized carbons (Fsp3) is 0.421. The number of amides is 1. The standard InChI is InChI=1S/C19H20FNOS/c20-16-7-3-1-6-14(16)12-21(15-9-10-15)19(22)18-11-13-5-2-4-8-17(13)23-18/h1,3,6-7,11,15H,2,4-5,8-10,12H2. The Balaban J connectivity index is 1.59. The molecule has 1 amide bonds. The minimum Gasteiger partial charge on any atom is -0.331 e. The highest BCUT2D eigenvalue weighted by Gasteiger charge is 2.34. The number of fused-ring (bicyclic) bond motifs is 1. The van der Waals surface area contributed by atoms with Crippen molar-refractivity contribution in [1.82, 2.24) is 4.90 Å². The van der Waals surface area contributed by atoms with Gasteiger partial charge in [0.1, 0.15) is 5.82 Å². The second kappa shape index (κ2) is 6.08. The molecule has 2 nitrogen and oxygen atoms in total. The lowest BCUT2D eigenvalue weighted by atomic mass is 9.99. The summed E-state index contributed by atoms with van der Waals surface area (Å²) in [5.74, 6) is -0.147. The molecule has 1 aromatic carbocycles. The topological polar surface area (TPSA) is 20.3 Å². The van der Waals surface area contributed by atoms with Crippen LogP contribution in [0.1, 0.15) is 51.4 Å². The molecular formula is C19H20FNOS. The first kappa shape index (κ1) is 14.9. The Bertz CT molecular complexity index is 711. The Hall–Kier alpha value is -1.68. The van der Waals surface area contributed by atoms with Crippen LogP contribution in [-0.4, -0.2) is 16.8 Å². The van der Waals surface area contributed by atoms with Crippen molar-refractivity contribution in [2.24, 2.45) is 0 Å². The predicted octanol–water partition coefficient (Wildman–Crippen LogP) is 4.57. The van der Waals surface area contributed by atoms with E-state index in [1.807, 2.05) is 11.0 Å². The first-order chi connectivity index (χ1) is 11.2. The molecule has 0 radical (unpaired) electrons. The van der Waals surface area contributed by atoms with E-state index >= 15 is 0 Å². The van der Waals surface area contributed by atoms with Gasteiger partial charge in [0, 0.05) is 23.0 Å². The van der Waals surface area contributed by atoms with Crippen LogP contribution >= 0.6 is 11.3 Å². The molecule has 23 heavy (non-hydrogen) atoms. The van der Waals surface area contributed by atoms with E-state index in [1.54, 1.807) is 23.5 Å². The minimum atomic E-state index is -0.226. The molecule has 1 aromatic heterocycles. The van der Waals surface area contributed by atoms with Gasteiger partial charge in [-0.1, -0.05) is 18.2 Å². The molecule has 4 rings (SSSR count). The van der Waals surface area contributed by atoms with Crippen LogP contribution in [0, 0.1) is 5.82 Å². The van der Waals surface area contributed by atoms with E-state index in [9.17, 15) is 9.18 Å². The molecule has 1 heterocycles. The van der Waals surface area contributed by atoms with Gasteiger partial charge in [0.25, 0.3) is 5.91 Å². The highest BCUT2D eigenvalue weighted by atomic mass is 32.1. The largest absolute Gasteiger partial charge is 0.331 e. The van der Waals surface area contributed by atoms with Crippen molar-refractivity contribution in [3.05, 3.63) is 57.0 Å². The third-order valence-corrected chi connectivity index (χ3v) is 5.98. The molecule has 0 N–H and O–H groups in total. The molecule has 120 valence electrons. The maximum absolute atomic E-state index is 13.9. The van der Waals surface area contributed by atoms with Crippen LogP contribution in [-0.2, 0) is 19.4 Å². The summed E-state index contributed by atoms with van der Waals surface area (Å²) in [7, 11) is 0. The van der Waals surface area contributed by atoms with Gasteiger partial charge in [-0.05, 0) is 56.2 Å². The maximum Gasteiger partial charge on any atom is 0.264 e. The van der Waals surface area contributed by atoms with Gasteiger partial charge in [-0.25, -0.2) is 4.39 Å². The first-order valence-electron chi connectivity index (χ1n) is 8.38. The molecule has 0 saturated heterocycles. The van der Waals surface area contributed by atoms with Gasteiger partial charge < -0.3 is 4.90 Å². The average molecular weight is 329 g/mol. The van der Waals surface area contributed by atoms with Gasteiger partial charge in [0.15, 0.2) is 0 Å². The van der Waals surface area contributed by atoms with Gasteiger partial charge >= 0.3 is 0 Å². The molecule has 0 bridgehead atoms. The van der Waals surface area contributed by atoms with Crippen molar-refractivity contribution in [1.29, 1.82) is 0 Å². The van der Waals surface area contributed by atoms with Crippen LogP contribution in [0.25, 0.3) is 0 Å². The van der Waals surface area contributed by atoms with Gasteiger partial charge in [-0.3, -0.25) is 4.79 Å². The minimum absolute atomic E-state index is 0.0788. The van der Waals surface area contributed by atoms with E-state index in [2.05, 4.69) is 6.07 Å². The summed E-state index contributed by atoms with van der Waals surface area (Å²) in [5.41, 5.74) is 1.96. The second-order valence-corrected chi connectivity index (χ2v) is 7.66. The molecular weight excluding hydrogens is 309 g/mol. The van der Waals surface area contributed by atoms with Gasteiger partial charge in [-0.15, -0.1) is 11.3 Å². The van der Waals surface area contributed by atoms with Crippen molar-refractivity contribution < 1.29 is 9.18 Å². The maximum atomic E-state index is 13.9. The van der Waals surface area contributed by atoms with Crippen molar-refractivity contribution in [2.75, 3.05) is 0 Å². The predicted molar refractivity (Wildman–Crippen MR) is 90.3 cm³/mol. The van der Waals surface area contributed by atoms with E-state index in [4.69, 9.17) is 0 Å². The third-order valence-electron chi connectivity index (χ3n) is 4.75. The van der Waals surface area contributed by atoms with Gasteiger partial charge in [-0.2, -0.15) is 0 Å². The number of hydrogen-bond donors (Lipinski definition) is 0. The average Bonchev–Trinajstić information content (AvgIpc) is 3.31. The number of nitrogens with zero attached hydrogens (tertiary/aromatic N) is 1. The van der Waals surface area contributed by atoms with Crippen molar-refractivity contribution in [3.8, 4) is 0 Å². The van der Waals surface area contributed by atoms with Crippen molar-refractivity contribution in [2.45, 2.75) is 51.1 Å². The molecule has 1 fully saturated rings. The number of halogens is 1. The molecule has 0 spiro atoms. The Morgan fingerprint density at radius 2 is 2.00 bits per heavy atom. The van der Waals surface area contributed by atoms with Crippen LogP contribution in [0.2, 0.25) is 0 Å². The summed E-state index contributed by atoms with van der Waals surface area (Å²) < 4.78 is 13.9. The number of benzene rings is 1. The highest BCUT2D eigenvalue weighted by Crippen LogP contribution is 2.34. The Morgan fingerprint density at radius 1 is 1.22 bits per heavy atom. The number of hydrogen-bond acceptors (Lipinski definition) is 2. The van der Waals surface area contributed by atoms with Crippen LogP contribution in [0.5, 0.6) is 0 Å². The summed E-state index contributed by atoms with van der Waals surface area (Å²) in [6.07, 6.45) is 6.71. The molecule has 0 atom stereocenters. The number of rotatable bonds is 4. The first-order valence-corrected chi connectivity index (χ1v) is 9.20. The highest BCUT2D eigenvalue weighted by molar-refractivity contribution is 7.14. The third kappa shape index (κ3) is 3.05. The summed E-state index contributed by atoms with van der Waals surface area (Å²) in [5, 5.41) is 0. The van der Waals surface area contributed by atoms with E-state index in [0.29, 0.717) is 12.1 Å². The summed E-state index contributed by atoms with van der Waals surface area (Å²) in [6.45, 7) is 0.374. The van der Waals surface area contributed by atoms with Crippen LogP contribution in [0.4, 0.5) is 4.39 Å². The second-order valence-electron chi connectivity index (χ2n) is 6.52. The smallest absolute Gasteiger partial charge is 0.264 e. The van der Waals surface area contributed by atoms with E-state index < -0.39 is 0 Å². The van der Waals surface area contributed by atoms with Crippen molar-refractivity contribution in [3.63, 3.8) is 0 Å². The van der Waals surface area contributed by atoms with Gasteiger partial charge in [0.2, 0.25) is 0 Å². The Morgan fingerprint density at radius 3 is 2.74 bits per heavy atom. The molecule has 2 aliphatic carbocycles. The normalized spacial score (nSPS) is 16.9. The van der Waals surface area contributed by atoms with Gasteiger partial charge in [0.05, 0.1) is 4.88 Å². The number of carbonyl (C=O) groups is 1. The molecule has 1 saturated carbocycles. The zero-order valence-corrected chi connectivity index (χ0v) is 13.9. The monoisotopic (exact) mass is 329 g/mol. The Labute approximate surface area is 139 Å². The SMILES string of the molecule is O=C(c1cc2c(s1)CCCC2)N(Cc1ccccc1F)C1CC1. The molecule has 2 aromatic rings. The van der Waals surface area contributed by atoms with Crippen LogP contribution in [0.15, 0.2) is 30.3 Å². The van der Waals surface area contributed by atoms with Crippen LogP contribution in [0.3, 0.4) is 0 Å². The molecule has 0 unspecified atom stereocenters. The molecule has 2 aliphatic rings. The zero-order valence-electron chi connectivity index (χ0n) is 13.1. The molecule has 4 heteroatoms. The quantitative estimate of drug-likeness (QED) is 0.804. The number of aryl methyl sites for hydroxylation is 2. The number of carbonyl (C=O) groups excluding carboxylic acids is 1. The van der Waals surface area contributed by atoms with E-state index in [1.165, 1.54) is 29.3 Å². The van der Waals surface area contributed by atoms with Crippen molar-refractivity contribution >= 4 is 17.2 Å². The fourth-order valence-corrected chi connectivity index (χ4v) is 4.51. The fourth-order valence-electron chi connectivity index (χ4n) is 3.30. The van der Waals surface area contributed by atoms with Crippen LogP contribution < -0.4 is 0 Å². The van der Waals surface area contributed by atoms with E-state index in [0.717, 1.165) is 30.6 Å². The summed E-state index contributed by atoms with van der Waals surface area (Å²) >= 11 is 1.65. The summed E-state index contributed by atoms with van der Waals surface area (Å²) in [4.78, 5) is 17.1. The Kier molecular flexibility index (Phi) is 3.93. The lowest BCUT2D eigenvalue weighted by Crippen LogP contribution is -2.32. The van der Waals surface area contributed by atoms with E-state index in [-0.39, 0.29) is 17.8 Å². The zero-order chi connectivity index (χ0) is 15.8. The molecule has 0 aliphatic heterocycles. The number of thiophene rings is 1. The lowest BCUT2D eigenvalue weighted by molar-refractivity contribution is 0.0733. The summed E-state index contributed by atoms with van der Waals surface area (Å²) in [6, 6.07) is 9.12.